The molecule has 1 heterocycles. The monoisotopic (exact) mass is 353 g/mol. The molecule has 0 fully saturated rings. The number of thiophene rings is 1. The molecule has 2 aromatic rings. The smallest absolute Gasteiger partial charge is 0.148 e. The topological polar surface area (TPSA) is 35.2 Å². The zero-order valence-corrected chi connectivity index (χ0v) is 14.4. The van der Waals surface area contributed by atoms with Crippen LogP contribution in [0.2, 0.25) is 0 Å². The van der Waals surface area contributed by atoms with E-state index in [0.717, 1.165) is 20.8 Å². The van der Waals surface area contributed by atoms with Gasteiger partial charge in [0.05, 0.1) is 3.79 Å². The lowest BCUT2D eigenvalue weighted by molar-refractivity contribution is 0.174. The van der Waals surface area contributed by atoms with E-state index in [-0.39, 0.29) is 12.1 Å². The van der Waals surface area contributed by atoms with E-state index in [2.05, 4.69) is 54.9 Å². The summed E-state index contributed by atoms with van der Waals surface area (Å²) < 4.78 is 7.27. The van der Waals surface area contributed by atoms with Crippen molar-refractivity contribution in [2.45, 2.75) is 39.3 Å². The maximum atomic E-state index is 6.24. The van der Waals surface area contributed by atoms with Crippen molar-refractivity contribution >= 4 is 27.3 Å². The zero-order chi connectivity index (χ0) is 14.7. The first-order chi connectivity index (χ1) is 9.51. The van der Waals surface area contributed by atoms with E-state index in [1.807, 2.05) is 12.1 Å². The lowest BCUT2D eigenvalue weighted by atomic mass is 10.1. The molecule has 2 nitrogen and oxygen atoms in total. The molecule has 0 saturated carbocycles. The number of aryl methyl sites for hydroxylation is 2. The van der Waals surface area contributed by atoms with Crippen LogP contribution in [-0.4, -0.2) is 6.04 Å². The van der Waals surface area contributed by atoms with E-state index in [1.54, 1.807) is 11.3 Å². The molecule has 0 amide bonds. The Morgan fingerprint density at radius 1 is 1.20 bits per heavy atom. The third-order valence-electron chi connectivity index (χ3n) is 3.48. The third-order valence-corrected chi connectivity index (χ3v) is 5.16. The predicted octanol–water partition coefficient (Wildman–Crippen LogP) is 4.98. The van der Waals surface area contributed by atoms with Crippen molar-refractivity contribution in [2.24, 2.45) is 5.73 Å². The van der Waals surface area contributed by atoms with Crippen molar-refractivity contribution in [3.05, 3.63) is 50.1 Å². The van der Waals surface area contributed by atoms with Crippen LogP contribution in [0.25, 0.3) is 0 Å². The van der Waals surface area contributed by atoms with Gasteiger partial charge in [-0.25, -0.2) is 0 Å². The van der Waals surface area contributed by atoms with Crippen molar-refractivity contribution in [2.75, 3.05) is 0 Å². The fourth-order valence-corrected chi connectivity index (χ4v) is 3.51. The van der Waals surface area contributed by atoms with Crippen LogP contribution in [-0.2, 0) is 0 Å². The standard InChI is InChI=1S/C16H20BrNOS/c1-4-13(18)16(14-7-8-15(17)20-14)19-12-6-5-10(2)11(3)9-12/h5-9,13,16H,4,18H2,1-3H3. The van der Waals surface area contributed by atoms with Gasteiger partial charge < -0.3 is 10.5 Å². The van der Waals surface area contributed by atoms with E-state index in [9.17, 15) is 0 Å². The second-order valence-electron chi connectivity index (χ2n) is 5.00. The Bertz CT molecular complexity index is 582. The van der Waals surface area contributed by atoms with Gasteiger partial charge in [-0.05, 0) is 71.6 Å². The van der Waals surface area contributed by atoms with Gasteiger partial charge >= 0.3 is 0 Å². The summed E-state index contributed by atoms with van der Waals surface area (Å²) in [6.45, 7) is 6.29. The summed E-state index contributed by atoms with van der Waals surface area (Å²) >= 11 is 5.18. The Kier molecular flexibility index (Phi) is 5.24. The van der Waals surface area contributed by atoms with Crippen molar-refractivity contribution in [3.8, 4) is 5.75 Å². The van der Waals surface area contributed by atoms with Gasteiger partial charge in [0, 0.05) is 10.9 Å². The van der Waals surface area contributed by atoms with Gasteiger partial charge in [-0.1, -0.05) is 13.0 Å². The second-order valence-corrected chi connectivity index (χ2v) is 7.49. The Morgan fingerprint density at radius 2 is 1.95 bits per heavy atom. The van der Waals surface area contributed by atoms with E-state index < -0.39 is 0 Å². The lowest BCUT2D eigenvalue weighted by Gasteiger charge is -2.23. The molecule has 1 aromatic carbocycles. The molecule has 4 heteroatoms. The molecular formula is C16H20BrNOS. The number of benzene rings is 1. The van der Waals surface area contributed by atoms with Gasteiger partial charge in [0.1, 0.15) is 11.9 Å². The summed E-state index contributed by atoms with van der Waals surface area (Å²) in [6.07, 6.45) is 0.781. The van der Waals surface area contributed by atoms with E-state index >= 15 is 0 Å². The van der Waals surface area contributed by atoms with Gasteiger partial charge in [0.25, 0.3) is 0 Å². The van der Waals surface area contributed by atoms with Crippen molar-refractivity contribution < 1.29 is 4.74 Å². The van der Waals surface area contributed by atoms with Crippen LogP contribution in [0.3, 0.4) is 0 Å². The second kappa shape index (κ2) is 6.74. The highest BCUT2D eigenvalue weighted by atomic mass is 79.9. The summed E-state index contributed by atoms with van der Waals surface area (Å²) in [7, 11) is 0. The molecule has 0 radical (unpaired) electrons. The summed E-state index contributed by atoms with van der Waals surface area (Å²) in [5.41, 5.74) is 8.75. The molecule has 0 aliphatic carbocycles. The number of hydrogen-bond donors (Lipinski definition) is 1. The summed E-state index contributed by atoms with van der Waals surface area (Å²) in [4.78, 5) is 1.16. The van der Waals surface area contributed by atoms with Crippen LogP contribution in [0.15, 0.2) is 34.1 Å². The number of hydrogen-bond acceptors (Lipinski definition) is 3. The van der Waals surface area contributed by atoms with Crippen LogP contribution in [0.5, 0.6) is 5.75 Å². The van der Waals surface area contributed by atoms with Gasteiger partial charge in [-0.2, -0.15) is 0 Å². The molecule has 0 aliphatic heterocycles. The molecule has 0 saturated heterocycles. The predicted molar refractivity (Wildman–Crippen MR) is 89.6 cm³/mol. The van der Waals surface area contributed by atoms with Crippen LogP contribution in [0.1, 0.15) is 35.5 Å². The van der Waals surface area contributed by atoms with Crippen molar-refractivity contribution in [1.82, 2.24) is 0 Å². The molecule has 2 N–H and O–H groups in total. The Balaban J connectivity index is 2.25. The molecular weight excluding hydrogens is 334 g/mol. The number of rotatable bonds is 5. The molecule has 0 bridgehead atoms. The average Bonchev–Trinajstić information content (AvgIpc) is 2.85. The first kappa shape index (κ1) is 15.5. The maximum Gasteiger partial charge on any atom is 0.148 e. The molecule has 0 spiro atoms. The van der Waals surface area contributed by atoms with Crippen LogP contribution in [0.4, 0.5) is 0 Å². The number of nitrogens with two attached hydrogens (primary N) is 1. The Labute approximate surface area is 133 Å². The van der Waals surface area contributed by atoms with Crippen molar-refractivity contribution in [3.63, 3.8) is 0 Å². The fraction of sp³-hybridized carbons (Fsp3) is 0.375. The summed E-state index contributed by atoms with van der Waals surface area (Å²) in [6, 6.07) is 10.3. The molecule has 2 unspecified atom stereocenters. The molecule has 2 rings (SSSR count). The summed E-state index contributed by atoms with van der Waals surface area (Å²) in [5, 5.41) is 0. The quantitative estimate of drug-likeness (QED) is 0.821. The minimum Gasteiger partial charge on any atom is -0.483 e. The number of halogens is 1. The largest absolute Gasteiger partial charge is 0.483 e. The normalized spacial score (nSPS) is 14.1. The average molecular weight is 354 g/mol. The van der Waals surface area contributed by atoms with Crippen LogP contribution in [0, 0.1) is 13.8 Å². The number of ether oxygens (including phenoxy) is 1. The highest BCUT2D eigenvalue weighted by Gasteiger charge is 2.22. The first-order valence-corrected chi connectivity index (χ1v) is 8.37. The molecule has 1 aromatic heterocycles. The highest BCUT2D eigenvalue weighted by Crippen LogP contribution is 2.33. The van der Waals surface area contributed by atoms with E-state index in [4.69, 9.17) is 10.5 Å². The van der Waals surface area contributed by atoms with Gasteiger partial charge in [-0.15, -0.1) is 11.3 Å². The maximum absolute atomic E-state index is 6.24. The fourth-order valence-electron chi connectivity index (χ4n) is 1.99. The molecule has 2 atom stereocenters. The summed E-state index contributed by atoms with van der Waals surface area (Å²) in [5.74, 6) is 0.881. The Hall–Kier alpha value is -0.840. The highest BCUT2D eigenvalue weighted by molar-refractivity contribution is 9.11. The van der Waals surface area contributed by atoms with Crippen molar-refractivity contribution in [1.29, 1.82) is 0 Å². The minimum absolute atomic E-state index is 0.0119. The first-order valence-electron chi connectivity index (χ1n) is 6.76. The lowest BCUT2D eigenvalue weighted by Crippen LogP contribution is -2.30. The molecule has 0 aliphatic rings. The van der Waals surface area contributed by atoms with Gasteiger partial charge in [-0.3, -0.25) is 0 Å². The van der Waals surface area contributed by atoms with Crippen LogP contribution >= 0.6 is 27.3 Å². The Morgan fingerprint density at radius 3 is 2.50 bits per heavy atom. The van der Waals surface area contributed by atoms with Gasteiger partial charge in [0.2, 0.25) is 0 Å². The van der Waals surface area contributed by atoms with Crippen LogP contribution < -0.4 is 10.5 Å². The zero-order valence-electron chi connectivity index (χ0n) is 12.0. The van der Waals surface area contributed by atoms with E-state index in [0.29, 0.717) is 0 Å². The minimum atomic E-state index is -0.0987. The van der Waals surface area contributed by atoms with Gasteiger partial charge in [0.15, 0.2) is 0 Å². The van der Waals surface area contributed by atoms with E-state index in [1.165, 1.54) is 11.1 Å². The molecule has 20 heavy (non-hydrogen) atoms. The molecule has 108 valence electrons. The SMILES string of the molecule is CCC(N)C(Oc1ccc(C)c(C)c1)c1ccc(Br)s1. The third kappa shape index (κ3) is 3.62.